The molecule has 2 amide bonds. The SMILES string of the molecule is COc1cc(C=CC(=O)N2CCC=C(c3ccc(N(C)C)cc3)C2=O)cc(OC)c1OC. The quantitative estimate of drug-likeness (QED) is 0.618. The molecule has 2 aromatic carbocycles. The highest BCUT2D eigenvalue weighted by Crippen LogP contribution is 2.38. The summed E-state index contributed by atoms with van der Waals surface area (Å²) in [6.07, 6.45) is 5.51. The first-order valence-corrected chi connectivity index (χ1v) is 10.2. The van der Waals surface area contributed by atoms with Gasteiger partial charge in [0, 0.05) is 38.0 Å². The van der Waals surface area contributed by atoms with Crippen LogP contribution in [0.1, 0.15) is 17.5 Å². The molecule has 2 aromatic rings. The summed E-state index contributed by atoms with van der Waals surface area (Å²) in [5.74, 6) is 0.770. The fourth-order valence-electron chi connectivity index (χ4n) is 3.52. The van der Waals surface area contributed by atoms with Crippen molar-refractivity contribution in [3.63, 3.8) is 0 Å². The lowest BCUT2D eigenvalue weighted by molar-refractivity contribution is -0.138. The molecule has 0 spiro atoms. The average Bonchev–Trinajstić information content (AvgIpc) is 2.81. The molecule has 0 saturated carbocycles. The van der Waals surface area contributed by atoms with Crippen molar-refractivity contribution in [2.75, 3.05) is 46.9 Å². The van der Waals surface area contributed by atoms with E-state index in [1.807, 2.05) is 49.3 Å². The van der Waals surface area contributed by atoms with E-state index in [-0.39, 0.29) is 11.8 Å². The Morgan fingerprint density at radius 1 is 1.00 bits per heavy atom. The van der Waals surface area contributed by atoms with Crippen LogP contribution >= 0.6 is 0 Å². The molecule has 0 bridgehead atoms. The van der Waals surface area contributed by atoms with E-state index in [1.165, 1.54) is 32.3 Å². The molecule has 0 aliphatic carbocycles. The van der Waals surface area contributed by atoms with E-state index in [2.05, 4.69) is 0 Å². The number of ether oxygens (including phenoxy) is 3. The smallest absolute Gasteiger partial charge is 0.261 e. The predicted molar refractivity (Wildman–Crippen MR) is 125 cm³/mol. The van der Waals surface area contributed by atoms with Crippen molar-refractivity contribution in [2.24, 2.45) is 0 Å². The minimum atomic E-state index is -0.376. The Morgan fingerprint density at radius 3 is 2.16 bits per heavy atom. The topological polar surface area (TPSA) is 68.3 Å². The van der Waals surface area contributed by atoms with Gasteiger partial charge in [-0.05, 0) is 47.9 Å². The van der Waals surface area contributed by atoms with Gasteiger partial charge in [-0.3, -0.25) is 14.5 Å². The minimum Gasteiger partial charge on any atom is -0.493 e. The molecule has 0 fully saturated rings. The molecule has 0 atom stereocenters. The van der Waals surface area contributed by atoms with Gasteiger partial charge in [0.25, 0.3) is 11.8 Å². The second kappa shape index (κ2) is 10.0. The molecule has 32 heavy (non-hydrogen) atoms. The van der Waals surface area contributed by atoms with E-state index in [0.717, 1.165) is 11.3 Å². The molecule has 0 unspecified atom stereocenters. The molecule has 7 heteroatoms. The summed E-state index contributed by atoms with van der Waals surface area (Å²) in [5.41, 5.74) is 3.06. The summed E-state index contributed by atoms with van der Waals surface area (Å²) in [4.78, 5) is 29.1. The largest absolute Gasteiger partial charge is 0.493 e. The van der Waals surface area contributed by atoms with Gasteiger partial charge in [-0.1, -0.05) is 18.2 Å². The van der Waals surface area contributed by atoms with E-state index >= 15 is 0 Å². The fourth-order valence-corrected chi connectivity index (χ4v) is 3.52. The lowest BCUT2D eigenvalue weighted by Crippen LogP contribution is -2.39. The van der Waals surface area contributed by atoms with Gasteiger partial charge in [0.05, 0.1) is 21.3 Å². The first kappa shape index (κ1) is 22.9. The normalized spacial score (nSPS) is 13.7. The third kappa shape index (κ3) is 4.77. The second-order valence-electron chi connectivity index (χ2n) is 7.43. The van der Waals surface area contributed by atoms with Crippen molar-refractivity contribution in [1.29, 1.82) is 0 Å². The molecule has 0 radical (unpaired) electrons. The maximum absolute atomic E-state index is 13.0. The first-order chi connectivity index (χ1) is 15.4. The van der Waals surface area contributed by atoms with Crippen molar-refractivity contribution in [3.8, 4) is 17.2 Å². The van der Waals surface area contributed by atoms with Crippen molar-refractivity contribution in [2.45, 2.75) is 6.42 Å². The van der Waals surface area contributed by atoms with Crippen LogP contribution < -0.4 is 19.1 Å². The molecule has 7 nitrogen and oxygen atoms in total. The van der Waals surface area contributed by atoms with Crippen LogP contribution in [-0.2, 0) is 9.59 Å². The van der Waals surface area contributed by atoms with Crippen molar-refractivity contribution in [1.82, 2.24) is 4.90 Å². The van der Waals surface area contributed by atoms with E-state index in [9.17, 15) is 9.59 Å². The molecule has 1 heterocycles. The van der Waals surface area contributed by atoms with Crippen LogP contribution in [-0.4, -0.2) is 58.7 Å². The third-order valence-electron chi connectivity index (χ3n) is 5.24. The maximum atomic E-state index is 13.0. The highest BCUT2D eigenvalue weighted by molar-refractivity contribution is 6.25. The summed E-state index contributed by atoms with van der Waals surface area (Å²) in [7, 11) is 8.50. The van der Waals surface area contributed by atoms with Crippen molar-refractivity contribution in [3.05, 3.63) is 59.7 Å². The van der Waals surface area contributed by atoms with Crippen LogP contribution in [0.15, 0.2) is 48.6 Å². The second-order valence-corrected chi connectivity index (χ2v) is 7.43. The number of carbonyl (C=O) groups is 2. The van der Waals surface area contributed by atoms with E-state index in [0.29, 0.717) is 41.4 Å². The Hall–Kier alpha value is -3.74. The number of amides is 2. The summed E-state index contributed by atoms with van der Waals surface area (Å²) < 4.78 is 16.0. The van der Waals surface area contributed by atoms with Gasteiger partial charge >= 0.3 is 0 Å². The van der Waals surface area contributed by atoms with Crippen LogP contribution in [0.3, 0.4) is 0 Å². The van der Waals surface area contributed by atoms with E-state index < -0.39 is 0 Å². The van der Waals surface area contributed by atoms with Crippen LogP contribution in [0.4, 0.5) is 5.69 Å². The van der Waals surface area contributed by atoms with Crippen LogP contribution in [0.25, 0.3) is 11.6 Å². The standard InChI is InChI=1S/C25H28N2O5/c1-26(2)19-11-9-18(10-12-19)20-7-6-14-27(25(20)29)23(28)13-8-17-15-21(30-3)24(32-5)22(16-17)31-4/h7-13,15-16H,6,14H2,1-5H3. The lowest BCUT2D eigenvalue weighted by atomic mass is 9.99. The molecule has 1 aliphatic heterocycles. The molecule has 1 aliphatic rings. The minimum absolute atomic E-state index is 0.298. The Balaban J connectivity index is 1.79. The summed E-state index contributed by atoms with van der Waals surface area (Å²) >= 11 is 0. The molecular weight excluding hydrogens is 408 g/mol. The first-order valence-electron chi connectivity index (χ1n) is 10.2. The maximum Gasteiger partial charge on any atom is 0.261 e. The number of hydrogen-bond acceptors (Lipinski definition) is 6. The number of carbonyl (C=O) groups excluding carboxylic acids is 2. The fraction of sp³-hybridized carbons (Fsp3) is 0.280. The molecule has 168 valence electrons. The number of imide groups is 1. The van der Waals surface area contributed by atoms with Gasteiger partial charge in [0.2, 0.25) is 5.75 Å². The zero-order valence-electron chi connectivity index (χ0n) is 19.0. The highest BCUT2D eigenvalue weighted by atomic mass is 16.5. The molecule has 0 saturated heterocycles. The Morgan fingerprint density at radius 2 is 1.62 bits per heavy atom. The van der Waals surface area contributed by atoms with Crippen LogP contribution in [0, 0.1) is 0 Å². The molecular formula is C25H28N2O5. The van der Waals surface area contributed by atoms with E-state index in [4.69, 9.17) is 14.2 Å². The Kier molecular flexibility index (Phi) is 7.20. The monoisotopic (exact) mass is 436 g/mol. The number of hydrogen-bond donors (Lipinski definition) is 0. The number of methoxy groups -OCH3 is 3. The van der Waals surface area contributed by atoms with E-state index in [1.54, 1.807) is 18.2 Å². The zero-order valence-corrected chi connectivity index (χ0v) is 19.0. The van der Waals surface area contributed by atoms with Gasteiger partial charge in [-0.15, -0.1) is 0 Å². The molecule has 0 aromatic heterocycles. The van der Waals surface area contributed by atoms with Gasteiger partial charge in [-0.2, -0.15) is 0 Å². The summed E-state index contributed by atoms with van der Waals surface area (Å²) in [6.45, 7) is 0.344. The van der Waals surface area contributed by atoms with Gasteiger partial charge in [-0.25, -0.2) is 0 Å². The molecule has 0 N–H and O–H groups in total. The summed E-state index contributed by atoms with van der Waals surface area (Å²) in [5, 5.41) is 0. The van der Waals surface area contributed by atoms with Gasteiger partial charge in [0.1, 0.15) is 0 Å². The number of nitrogens with zero attached hydrogens (tertiary/aromatic N) is 2. The van der Waals surface area contributed by atoms with Gasteiger partial charge in [0.15, 0.2) is 11.5 Å². The lowest BCUT2D eigenvalue weighted by Gasteiger charge is -2.25. The van der Waals surface area contributed by atoms with Crippen LogP contribution in [0.2, 0.25) is 0 Å². The third-order valence-corrected chi connectivity index (χ3v) is 5.24. The summed E-state index contributed by atoms with van der Waals surface area (Å²) in [6, 6.07) is 11.2. The number of rotatable bonds is 7. The number of benzene rings is 2. The zero-order chi connectivity index (χ0) is 23.3. The predicted octanol–water partition coefficient (Wildman–Crippen LogP) is 3.63. The number of anilines is 1. The Labute approximate surface area is 188 Å². The van der Waals surface area contributed by atoms with Gasteiger partial charge < -0.3 is 19.1 Å². The van der Waals surface area contributed by atoms with Crippen molar-refractivity contribution < 1.29 is 23.8 Å². The molecule has 3 rings (SSSR count). The Bertz CT molecular complexity index is 1030. The average molecular weight is 437 g/mol. The highest BCUT2D eigenvalue weighted by Gasteiger charge is 2.27. The van der Waals surface area contributed by atoms with Crippen LogP contribution in [0.5, 0.6) is 17.2 Å². The van der Waals surface area contributed by atoms with Crippen molar-refractivity contribution >= 4 is 29.2 Å².